The van der Waals surface area contributed by atoms with Gasteiger partial charge in [-0.3, -0.25) is 0 Å². The van der Waals surface area contributed by atoms with Gasteiger partial charge in [-0.25, -0.2) is 0 Å². The summed E-state index contributed by atoms with van der Waals surface area (Å²) in [4.78, 5) is 2.48. The Labute approximate surface area is 90.5 Å². The SMILES string of the molecule is Br.Cc1ccccc1N1CCCC1. The number of nitrogens with zero attached hydrogens (tertiary/aromatic N) is 1. The summed E-state index contributed by atoms with van der Waals surface area (Å²) in [6.07, 6.45) is 2.71. The molecule has 0 saturated carbocycles. The van der Waals surface area contributed by atoms with Gasteiger partial charge in [0.15, 0.2) is 0 Å². The number of anilines is 1. The molecule has 72 valence electrons. The summed E-state index contributed by atoms with van der Waals surface area (Å²) in [7, 11) is 0. The molecule has 2 heteroatoms. The molecule has 0 radical (unpaired) electrons. The van der Waals surface area contributed by atoms with Gasteiger partial charge in [0.25, 0.3) is 0 Å². The lowest BCUT2D eigenvalue weighted by molar-refractivity contribution is 0.949. The Hall–Kier alpha value is -0.500. The largest absolute Gasteiger partial charge is 0.371 e. The highest BCUT2D eigenvalue weighted by molar-refractivity contribution is 8.93. The minimum absolute atomic E-state index is 0. The van der Waals surface area contributed by atoms with Crippen LogP contribution in [0.5, 0.6) is 0 Å². The van der Waals surface area contributed by atoms with Crippen LogP contribution in [0.4, 0.5) is 5.69 Å². The van der Waals surface area contributed by atoms with Crippen molar-refractivity contribution in [3.05, 3.63) is 29.8 Å². The summed E-state index contributed by atoms with van der Waals surface area (Å²) in [6, 6.07) is 8.64. The summed E-state index contributed by atoms with van der Waals surface area (Å²) in [5, 5.41) is 0. The van der Waals surface area contributed by atoms with Crippen LogP contribution in [0.15, 0.2) is 24.3 Å². The smallest absolute Gasteiger partial charge is 0.0395 e. The number of benzene rings is 1. The van der Waals surface area contributed by atoms with E-state index in [0.29, 0.717) is 0 Å². The first-order valence-electron chi connectivity index (χ1n) is 4.68. The molecule has 1 nitrogen and oxygen atoms in total. The molecule has 1 aliphatic heterocycles. The zero-order chi connectivity index (χ0) is 8.39. The van der Waals surface area contributed by atoms with Crippen molar-refractivity contribution in [3.8, 4) is 0 Å². The topological polar surface area (TPSA) is 3.24 Å². The fourth-order valence-electron chi connectivity index (χ4n) is 1.88. The van der Waals surface area contributed by atoms with E-state index in [-0.39, 0.29) is 17.0 Å². The Morgan fingerprint density at radius 1 is 1.08 bits per heavy atom. The molecule has 1 heterocycles. The van der Waals surface area contributed by atoms with Crippen molar-refractivity contribution >= 4 is 22.7 Å². The highest BCUT2D eigenvalue weighted by Crippen LogP contribution is 2.23. The maximum Gasteiger partial charge on any atom is 0.0395 e. The second kappa shape index (κ2) is 4.66. The van der Waals surface area contributed by atoms with Gasteiger partial charge in [0.1, 0.15) is 0 Å². The van der Waals surface area contributed by atoms with Crippen LogP contribution < -0.4 is 4.90 Å². The molecule has 0 spiro atoms. The molecule has 0 bridgehead atoms. The molecule has 1 aromatic carbocycles. The molecule has 1 aromatic rings. The average molecular weight is 242 g/mol. The zero-order valence-corrected chi connectivity index (χ0v) is 9.71. The van der Waals surface area contributed by atoms with Gasteiger partial charge in [0.05, 0.1) is 0 Å². The Balaban J connectivity index is 0.000000845. The lowest BCUT2D eigenvalue weighted by Gasteiger charge is -2.19. The summed E-state index contributed by atoms with van der Waals surface area (Å²) >= 11 is 0. The van der Waals surface area contributed by atoms with Crippen molar-refractivity contribution in [3.63, 3.8) is 0 Å². The molecule has 13 heavy (non-hydrogen) atoms. The predicted octanol–water partition coefficient (Wildman–Crippen LogP) is 3.17. The van der Waals surface area contributed by atoms with Gasteiger partial charge in [0, 0.05) is 18.8 Å². The Morgan fingerprint density at radius 2 is 1.69 bits per heavy atom. The number of hydrogen-bond donors (Lipinski definition) is 0. The van der Waals surface area contributed by atoms with Crippen LogP contribution in [0.2, 0.25) is 0 Å². The van der Waals surface area contributed by atoms with E-state index in [1.165, 1.54) is 37.2 Å². The van der Waals surface area contributed by atoms with Gasteiger partial charge < -0.3 is 4.90 Å². The second-order valence-electron chi connectivity index (χ2n) is 3.48. The van der Waals surface area contributed by atoms with Gasteiger partial charge in [-0.05, 0) is 31.4 Å². The third kappa shape index (κ3) is 2.25. The van der Waals surface area contributed by atoms with Crippen LogP contribution >= 0.6 is 17.0 Å². The molecule has 0 amide bonds. The highest BCUT2D eigenvalue weighted by atomic mass is 79.9. The molecule has 2 rings (SSSR count). The van der Waals surface area contributed by atoms with Gasteiger partial charge in [-0.1, -0.05) is 18.2 Å². The van der Waals surface area contributed by atoms with Crippen LogP contribution in [-0.4, -0.2) is 13.1 Å². The van der Waals surface area contributed by atoms with E-state index in [0.717, 1.165) is 0 Å². The number of rotatable bonds is 1. The predicted molar refractivity (Wildman–Crippen MR) is 62.9 cm³/mol. The first kappa shape index (κ1) is 10.6. The standard InChI is InChI=1S/C11H15N.BrH/c1-10-6-2-3-7-11(10)12-8-4-5-9-12;/h2-3,6-7H,4-5,8-9H2,1H3;1H. The van der Waals surface area contributed by atoms with Crippen molar-refractivity contribution in [2.24, 2.45) is 0 Å². The van der Waals surface area contributed by atoms with Crippen LogP contribution in [0.1, 0.15) is 18.4 Å². The maximum atomic E-state index is 2.48. The van der Waals surface area contributed by atoms with E-state index in [9.17, 15) is 0 Å². The highest BCUT2D eigenvalue weighted by Gasteiger charge is 2.12. The Kier molecular flexibility index (Phi) is 3.79. The summed E-state index contributed by atoms with van der Waals surface area (Å²) in [6.45, 7) is 4.67. The van der Waals surface area contributed by atoms with Gasteiger partial charge in [0.2, 0.25) is 0 Å². The van der Waals surface area contributed by atoms with E-state index in [1.807, 2.05) is 0 Å². The number of halogens is 1. The van der Waals surface area contributed by atoms with E-state index in [1.54, 1.807) is 0 Å². The monoisotopic (exact) mass is 241 g/mol. The quantitative estimate of drug-likeness (QED) is 0.731. The first-order valence-corrected chi connectivity index (χ1v) is 4.68. The molecule has 1 aliphatic rings. The number of aryl methyl sites for hydroxylation is 1. The molecular formula is C11H16BrN. The molecule has 0 unspecified atom stereocenters. The summed E-state index contributed by atoms with van der Waals surface area (Å²) < 4.78 is 0. The second-order valence-corrected chi connectivity index (χ2v) is 3.48. The Morgan fingerprint density at radius 3 is 2.31 bits per heavy atom. The lowest BCUT2D eigenvalue weighted by Crippen LogP contribution is -2.18. The fourth-order valence-corrected chi connectivity index (χ4v) is 1.88. The van der Waals surface area contributed by atoms with Crippen LogP contribution in [0.3, 0.4) is 0 Å². The average Bonchev–Trinajstić information content (AvgIpc) is 2.57. The van der Waals surface area contributed by atoms with Crippen molar-refractivity contribution in [2.45, 2.75) is 19.8 Å². The van der Waals surface area contributed by atoms with Crippen LogP contribution in [0, 0.1) is 6.92 Å². The van der Waals surface area contributed by atoms with Gasteiger partial charge in [-0.2, -0.15) is 0 Å². The van der Waals surface area contributed by atoms with Crippen molar-refractivity contribution in [1.82, 2.24) is 0 Å². The molecule has 0 aromatic heterocycles. The Bertz CT molecular complexity index is 267. The fraction of sp³-hybridized carbons (Fsp3) is 0.455. The lowest BCUT2D eigenvalue weighted by atomic mass is 10.2. The van der Waals surface area contributed by atoms with Crippen LogP contribution in [-0.2, 0) is 0 Å². The minimum Gasteiger partial charge on any atom is -0.371 e. The maximum absolute atomic E-state index is 2.48. The zero-order valence-electron chi connectivity index (χ0n) is 7.99. The molecule has 0 aliphatic carbocycles. The molecular weight excluding hydrogens is 226 g/mol. The molecule has 1 saturated heterocycles. The molecule has 0 N–H and O–H groups in total. The number of para-hydroxylation sites is 1. The van der Waals surface area contributed by atoms with Crippen molar-refractivity contribution in [2.75, 3.05) is 18.0 Å². The normalized spacial score (nSPS) is 15.6. The van der Waals surface area contributed by atoms with E-state index < -0.39 is 0 Å². The van der Waals surface area contributed by atoms with E-state index in [4.69, 9.17) is 0 Å². The van der Waals surface area contributed by atoms with E-state index in [2.05, 4.69) is 36.1 Å². The minimum atomic E-state index is 0. The summed E-state index contributed by atoms with van der Waals surface area (Å²) in [5.41, 5.74) is 2.83. The third-order valence-corrected chi connectivity index (χ3v) is 2.56. The van der Waals surface area contributed by atoms with Gasteiger partial charge >= 0.3 is 0 Å². The van der Waals surface area contributed by atoms with Gasteiger partial charge in [-0.15, -0.1) is 17.0 Å². The van der Waals surface area contributed by atoms with E-state index >= 15 is 0 Å². The first-order chi connectivity index (χ1) is 5.88. The third-order valence-electron chi connectivity index (χ3n) is 2.56. The molecule has 1 fully saturated rings. The van der Waals surface area contributed by atoms with Crippen molar-refractivity contribution < 1.29 is 0 Å². The van der Waals surface area contributed by atoms with Crippen LogP contribution in [0.25, 0.3) is 0 Å². The number of hydrogen-bond acceptors (Lipinski definition) is 1. The molecule has 0 atom stereocenters. The van der Waals surface area contributed by atoms with Crippen molar-refractivity contribution in [1.29, 1.82) is 0 Å². The summed E-state index contributed by atoms with van der Waals surface area (Å²) in [5.74, 6) is 0.